The Bertz CT molecular complexity index is 772. The zero-order chi connectivity index (χ0) is 18.5. The predicted octanol–water partition coefficient (Wildman–Crippen LogP) is 4.41. The number of nitrogens with zero attached hydrogens (tertiary/aromatic N) is 2. The molecule has 1 unspecified atom stereocenters. The van der Waals surface area contributed by atoms with E-state index in [4.69, 9.17) is 11.6 Å². The number of nitro benzene ring substituents is 1. The fourth-order valence-electron chi connectivity index (χ4n) is 3.23. The van der Waals surface area contributed by atoms with Crippen molar-refractivity contribution in [2.24, 2.45) is 0 Å². The molecule has 136 valence electrons. The molecular formula is C19H20ClN3O3. The van der Waals surface area contributed by atoms with Crippen LogP contribution >= 0.6 is 11.6 Å². The molecule has 1 heterocycles. The number of anilines is 1. The number of nitrogens with one attached hydrogen (secondary N) is 1. The first kappa shape index (κ1) is 18.4. The van der Waals surface area contributed by atoms with Crippen LogP contribution in [0, 0.1) is 10.1 Å². The van der Waals surface area contributed by atoms with Gasteiger partial charge < -0.3 is 5.32 Å². The average molecular weight is 374 g/mol. The molecule has 1 N–H and O–H groups in total. The standard InChI is InChI=1S/C19H20ClN3O3/c20-15-6-8-16(9-7-15)21-19(24)18(22-12-2-1-3-13-22)14-4-10-17(11-5-14)23(25)26/h4-11,18H,1-3,12-13H2,(H,21,24). The quantitative estimate of drug-likeness (QED) is 0.622. The Hall–Kier alpha value is -2.44. The van der Waals surface area contributed by atoms with Gasteiger partial charge in [0.25, 0.3) is 5.69 Å². The van der Waals surface area contributed by atoms with Gasteiger partial charge in [-0.05, 0) is 55.8 Å². The van der Waals surface area contributed by atoms with Crippen LogP contribution < -0.4 is 5.32 Å². The first-order valence-electron chi connectivity index (χ1n) is 8.59. The van der Waals surface area contributed by atoms with Gasteiger partial charge in [0.1, 0.15) is 6.04 Å². The first-order chi connectivity index (χ1) is 12.5. The number of nitro groups is 1. The summed E-state index contributed by atoms with van der Waals surface area (Å²) in [5.41, 5.74) is 1.44. The molecule has 6 nitrogen and oxygen atoms in total. The summed E-state index contributed by atoms with van der Waals surface area (Å²) in [6, 6.07) is 12.7. The Morgan fingerprint density at radius 1 is 1.04 bits per heavy atom. The van der Waals surface area contributed by atoms with Gasteiger partial charge in [-0.3, -0.25) is 19.8 Å². The summed E-state index contributed by atoms with van der Waals surface area (Å²) in [6.07, 6.45) is 3.23. The second-order valence-electron chi connectivity index (χ2n) is 6.34. The minimum absolute atomic E-state index is 0.0178. The molecule has 1 atom stereocenters. The highest BCUT2D eigenvalue weighted by atomic mass is 35.5. The number of hydrogen-bond donors (Lipinski definition) is 1. The number of carbonyl (C=O) groups is 1. The van der Waals surface area contributed by atoms with Crippen molar-refractivity contribution in [2.75, 3.05) is 18.4 Å². The number of benzene rings is 2. The summed E-state index contributed by atoms with van der Waals surface area (Å²) in [6.45, 7) is 1.66. The minimum atomic E-state index is -0.480. The monoisotopic (exact) mass is 373 g/mol. The maximum atomic E-state index is 13.0. The third-order valence-corrected chi connectivity index (χ3v) is 4.79. The summed E-state index contributed by atoms with van der Waals surface area (Å²) >= 11 is 5.89. The number of rotatable bonds is 5. The van der Waals surface area contributed by atoms with Crippen LogP contribution in [0.5, 0.6) is 0 Å². The van der Waals surface area contributed by atoms with Crippen LogP contribution in [0.25, 0.3) is 0 Å². The van der Waals surface area contributed by atoms with Crippen LogP contribution in [0.15, 0.2) is 48.5 Å². The largest absolute Gasteiger partial charge is 0.324 e. The van der Waals surface area contributed by atoms with Crippen LogP contribution in [0.3, 0.4) is 0 Å². The van der Waals surface area contributed by atoms with E-state index in [2.05, 4.69) is 10.2 Å². The van der Waals surface area contributed by atoms with Gasteiger partial charge in [0.05, 0.1) is 4.92 Å². The van der Waals surface area contributed by atoms with E-state index in [0.29, 0.717) is 10.7 Å². The van der Waals surface area contributed by atoms with Gasteiger partial charge in [-0.2, -0.15) is 0 Å². The van der Waals surface area contributed by atoms with E-state index in [0.717, 1.165) is 37.9 Å². The molecule has 1 fully saturated rings. The topological polar surface area (TPSA) is 75.5 Å². The Morgan fingerprint density at radius 3 is 2.23 bits per heavy atom. The van der Waals surface area contributed by atoms with Crippen LogP contribution in [0.2, 0.25) is 5.02 Å². The van der Waals surface area contributed by atoms with Gasteiger partial charge in [-0.15, -0.1) is 0 Å². The number of likely N-dealkylation sites (tertiary alicyclic amines) is 1. The fourth-order valence-corrected chi connectivity index (χ4v) is 3.35. The highest BCUT2D eigenvalue weighted by Gasteiger charge is 2.29. The smallest absolute Gasteiger partial charge is 0.269 e. The molecular weight excluding hydrogens is 354 g/mol. The lowest BCUT2D eigenvalue weighted by Gasteiger charge is -2.33. The normalized spacial score (nSPS) is 16.0. The molecule has 0 spiro atoms. The van der Waals surface area contributed by atoms with Crippen LogP contribution in [0.1, 0.15) is 30.9 Å². The molecule has 26 heavy (non-hydrogen) atoms. The van der Waals surface area contributed by atoms with E-state index < -0.39 is 11.0 Å². The van der Waals surface area contributed by atoms with Crippen molar-refractivity contribution in [1.82, 2.24) is 4.90 Å². The number of amides is 1. The molecule has 1 amide bonds. The Balaban J connectivity index is 1.85. The summed E-state index contributed by atoms with van der Waals surface area (Å²) < 4.78 is 0. The maximum absolute atomic E-state index is 13.0. The zero-order valence-electron chi connectivity index (χ0n) is 14.2. The Kier molecular flexibility index (Phi) is 5.85. The van der Waals surface area contributed by atoms with Crippen LogP contribution in [0.4, 0.5) is 11.4 Å². The second kappa shape index (κ2) is 8.29. The van der Waals surface area contributed by atoms with Gasteiger partial charge in [0.2, 0.25) is 5.91 Å². The number of hydrogen-bond acceptors (Lipinski definition) is 4. The molecule has 2 aromatic rings. The summed E-state index contributed by atoms with van der Waals surface area (Å²) in [4.78, 5) is 25.6. The van der Waals surface area contributed by atoms with E-state index in [1.54, 1.807) is 36.4 Å². The SMILES string of the molecule is O=C(Nc1ccc(Cl)cc1)C(c1ccc([N+](=O)[O-])cc1)N1CCCCC1. The van der Waals surface area contributed by atoms with Gasteiger partial charge in [0.15, 0.2) is 0 Å². The van der Waals surface area contributed by atoms with E-state index in [-0.39, 0.29) is 11.6 Å². The molecule has 7 heteroatoms. The lowest BCUT2D eigenvalue weighted by molar-refractivity contribution is -0.384. The molecule has 1 aliphatic rings. The highest BCUT2D eigenvalue weighted by Crippen LogP contribution is 2.28. The van der Waals surface area contributed by atoms with Gasteiger partial charge in [-0.1, -0.05) is 30.2 Å². The van der Waals surface area contributed by atoms with Crippen molar-refractivity contribution in [3.05, 3.63) is 69.2 Å². The minimum Gasteiger partial charge on any atom is -0.324 e. The fraction of sp³-hybridized carbons (Fsp3) is 0.316. The maximum Gasteiger partial charge on any atom is 0.269 e. The molecule has 0 aromatic heterocycles. The Morgan fingerprint density at radius 2 is 1.65 bits per heavy atom. The van der Waals surface area contributed by atoms with Crippen molar-refractivity contribution in [2.45, 2.75) is 25.3 Å². The van der Waals surface area contributed by atoms with Gasteiger partial charge in [0, 0.05) is 22.8 Å². The molecule has 0 saturated carbocycles. The Labute approximate surface area is 156 Å². The van der Waals surface area contributed by atoms with Crippen molar-refractivity contribution < 1.29 is 9.72 Å². The zero-order valence-corrected chi connectivity index (χ0v) is 15.0. The lowest BCUT2D eigenvalue weighted by Crippen LogP contribution is -2.40. The van der Waals surface area contributed by atoms with Crippen LogP contribution in [-0.4, -0.2) is 28.8 Å². The number of non-ortho nitro benzene ring substituents is 1. The first-order valence-corrected chi connectivity index (χ1v) is 8.97. The van der Waals surface area contributed by atoms with E-state index in [9.17, 15) is 14.9 Å². The lowest BCUT2D eigenvalue weighted by atomic mass is 10.0. The highest BCUT2D eigenvalue weighted by molar-refractivity contribution is 6.30. The third-order valence-electron chi connectivity index (χ3n) is 4.54. The second-order valence-corrected chi connectivity index (χ2v) is 6.78. The van der Waals surface area contributed by atoms with E-state index in [1.807, 2.05) is 0 Å². The molecule has 0 radical (unpaired) electrons. The number of carbonyl (C=O) groups excluding carboxylic acids is 1. The van der Waals surface area contributed by atoms with Crippen molar-refractivity contribution >= 4 is 28.9 Å². The number of halogens is 1. The summed E-state index contributed by atoms with van der Waals surface area (Å²) in [5.74, 6) is -0.150. The molecule has 2 aromatic carbocycles. The number of piperidine rings is 1. The molecule has 3 rings (SSSR count). The molecule has 1 saturated heterocycles. The van der Waals surface area contributed by atoms with Gasteiger partial charge in [-0.25, -0.2) is 0 Å². The summed E-state index contributed by atoms with van der Waals surface area (Å²) in [7, 11) is 0. The summed E-state index contributed by atoms with van der Waals surface area (Å²) in [5, 5.41) is 14.4. The molecule has 0 bridgehead atoms. The predicted molar refractivity (Wildman–Crippen MR) is 101 cm³/mol. The third kappa shape index (κ3) is 4.39. The molecule has 0 aliphatic carbocycles. The van der Waals surface area contributed by atoms with Crippen LogP contribution in [-0.2, 0) is 4.79 Å². The van der Waals surface area contributed by atoms with Gasteiger partial charge >= 0.3 is 0 Å². The average Bonchev–Trinajstić information content (AvgIpc) is 2.65. The van der Waals surface area contributed by atoms with Crippen molar-refractivity contribution in [1.29, 1.82) is 0 Å². The van der Waals surface area contributed by atoms with E-state index in [1.165, 1.54) is 12.1 Å². The van der Waals surface area contributed by atoms with E-state index >= 15 is 0 Å². The molecule has 1 aliphatic heterocycles. The van der Waals surface area contributed by atoms with Crippen molar-refractivity contribution in [3.8, 4) is 0 Å². The van der Waals surface area contributed by atoms with Crippen molar-refractivity contribution in [3.63, 3.8) is 0 Å².